The van der Waals surface area contributed by atoms with Crippen molar-refractivity contribution in [2.45, 2.75) is 104 Å². The van der Waals surface area contributed by atoms with Gasteiger partial charge in [0.05, 0.1) is 0 Å². The highest BCUT2D eigenvalue weighted by Crippen LogP contribution is 2.20. The molecule has 3 nitrogen and oxygen atoms in total. The van der Waals surface area contributed by atoms with Crippen LogP contribution in [0.15, 0.2) is 24.6 Å². The topological polar surface area (TPSA) is 27.7 Å². The summed E-state index contributed by atoms with van der Waals surface area (Å²) >= 11 is 0. The Hall–Kier alpha value is -0.206. The van der Waals surface area contributed by atoms with Gasteiger partial charge in [-0.2, -0.15) is 0 Å². The van der Waals surface area contributed by atoms with Crippen LogP contribution in [0.25, 0.3) is 0 Å². The summed E-state index contributed by atoms with van der Waals surface area (Å²) in [5.41, 5.74) is 3.75. The first kappa shape index (κ1) is 26.8. The largest absolute Gasteiger partial charge is 0.409 e. The normalized spacial score (nSPS) is 15.9. The molecule has 0 spiro atoms. The van der Waals surface area contributed by atoms with Gasteiger partial charge in [0.15, 0.2) is 0 Å². The Kier molecular flexibility index (Phi) is 16.6. The highest BCUT2D eigenvalue weighted by molar-refractivity contribution is 6.84. The second-order valence-electron chi connectivity index (χ2n) is 7.77. The molecule has 0 rings (SSSR count). The van der Waals surface area contributed by atoms with E-state index in [9.17, 15) is 0 Å². The van der Waals surface area contributed by atoms with Gasteiger partial charge < -0.3 is 13.0 Å². The molecular weight excluding hydrogens is 368 g/mol. The zero-order valence-corrected chi connectivity index (χ0v) is 20.7. The lowest BCUT2D eigenvalue weighted by atomic mass is 10.1. The molecule has 0 aliphatic rings. The van der Waals surface area contributed by atoms with Crippen molar-refractivity contribution >= 4 is 17.1 Å². The Morgan fingerprint density at radius 2 is 0.926 bits per heavy atom. The molecule has 0 aliphatic heterocycles. The molecule has 0 N–H and O–H groups in total. The van der Waals surface area contributed by atoms with Crippen LogP contribution in [0.2, 0.25) is 13.1 Å². The zero-order valence-electron chi connectivity index (χ0n) is 18.7. The maximum Gasteiger partial charge on any atom is 0.352 e. The first-order valence-electron chi connectivity index (χ1n) is 11.2. The van der Waals surface area contributed by atoms with Gasteiger partial charge in [-0.3, -0.25) is 0 Å². The van der Waals surface area contributed by atoms with Gasteiger partial charge in [0.25, 0.3) is 0 Å². The second kappa shape index (κ2) is 16.7. The summed E-state index contributed by atoms with van der Waals surface area (Å²) in [5, 5.41) is 0. The number of unbranched alkanes of at least 4 members (excludes halogenated alkanes) is 10. The van der Waals surface area contributed by atoms with E-state index in [4.69, 9.17) is 13.0 Å². The van der Waals surface area contributed by atoms with Crippen LogP contribution in [0.5, 0.6) is 0 Å². The first-order valence-corrected chi connectivity index (χ1v) is 16.0. The van der Waals surface area contributed by atoms with Crippen LogP contribution < -0.4 is 0 Å². The molecule has 0 aliphatic carbocycles. The van der Waals surface area contributed by atoms with Gasteiger partial charge in [-0.05, 0) is 25.9 Å². The maximum absolute atomic E-state index is 6.38. The maximum atomic E-state index is 6.38. The summed E-state index contributed by atoms with van der Waals surface area (Å²) in [6.45, 7) is 18.0. The lowest BCUT2D eigenvalue weighted by Crippen LogP contribution is -2.50. The van der Waals surface area contributed by atoms with Crippen molar-refractivity contribution in [3.05, 3.63) is 24.6 Å². The van der Waals surface area contributed by atoms with Gasteiger partial charge in [0.1, 0.15) is 0 Å². The first-order chi connectivity index (χ1) is 12.9. The lowest BCUT2D eigenvalue weighted by molar-refractivity contribution is 0.197. The van der Waals surface area contributed by atoms with Crippen molar-refractivity contribution in [2.75, 3.05) is 13.2 Å². The van der Waals surface area contributed by atoms with Crippen molar-refractivity contribution in [2.24, 2.45) is 0 Å². The van der Waals surface area contributed by atoms with Crippen molar-refractivity contribution in [3.63, 3.8) is 0 Å². The van der Waals surface area contributed by atoms with E-state index >= 15 is 0 Å². The molecule has 27 heavy (non-hydrogen) atoms. The van der Waals surface area contributed by atoms with Crippen LogP contribution in [0.3, 0.4) is 0 Å². The zero-order chi connectivity index (χ0) is 20.4. The predicted octanol–water partition coefficient (Wildman–Crippen LogP) is 7.35. The van der Waals surface area contributed by atoms with Gasteiger partial charge in [0, 0.05) is 13.2 Å². The van der Waals surface area contributed by atoms with Gasteiger partial charge >= 0.3 is 17.1 Å². The minimum atomic E-state index is -2.41. The summed E-state index contributed by atoms with van der Waals surface area (Å²) in [4.78, 5) is 0. The Labute approximate surface area is 172 Å². The van der Waals surface area contributed by atoms with Gasteiger partial charge in [-0.25, -0.2) is 0 Å². The SMILES string of the molecule is C=C[Si](C)(OCCCCC)O[Si](C)(C=C)OCCCCCCCCCCC. The Bertz CT molecular complexity index is 379. The fraction of sp³-hybridized carbons (Fsp3) is 0.818. The molecule has 0 radical (unpaired) electrons. The fourth-order valence-corrected chi connectivity index (χ4v) is 8.67. The van der Waals surface area contributed by atoms with Gasteiger partial charge in [-0.1, -0.05) is 89.5 Å². The average molecular weight is 415 g/mol. The van der Waals surface area contributed by atoms with E-state index in [0.717, 1.165) is 26.1 Å². The summed E-state index contributed by atoms with van der Waals surface area (Å²) in [7, 11) is -4.81. The molecule has 0 bridgehead atoms. The Morgan fingerprint density at radius 1 is 0.593 bits per heavy atom. The predicted molar refractivity (Wildman–Crippen MR) is 123 cm³/mol. The van der Waals surface area contributed by atoms with E-state index in [0.29, 0.717) is 0 Å². The van der Waals surface area contributed by atoms with Crippen molar-refractivity contribution in [3.8, 4) is 0 Å². The summed E-state index contributed by atoms with van der Waals surface area (Å²) < 4.78 is 18.6. The molecule has 0 aromatic heterocycles. The van der Waals surface area contributed by atoms with E-state index in [1.54, 1.807) is 0 Å². The van der Waals surface area contributed by atoms with Crippen molar-refractivity contribution in [1.82, 2.24) is 0 Å². The molecule has 160 valence electrons. The average Bonchev–Trinajstić information content (AvgIpc) is 2.67. The number of rotatable bonds is 20. The lowest BCUT2D eigenvalue weighted by Gasteiger charge is -2.33. The Balaban J connectivity index is 4.05. The summed E-state index contributed by atoms with van der Waals surface area (Å²) in [6, 6.07) is 0. The third-order valence-electron chi connectivity index (χ3n) is 4.92. The van der Waals surface area contributed by atoms with Crippen molar-refractivity contribution < 1.29 is 13.0 Å². The third-order valence-corrected chi connectivity index (χ3v) is 11.2. The van der Waals surface area contributed by atoms with Crippen molar-refractivity contribution in [1.29, 1.82) is 0 Å². The molecule has 0 aromatic carbocycles. The molecule has 0 fully saturated rings. The standard InChI is InChI=1S/C22H46O3Si2/c1-7-11-13-14-15-16-17-18-20-22-24-27(6,10-4)25-26(5,9-3)23-21-19-12-8-2/h9-10H,3-4,7-8,11-22H2,1-2,5-6H3. The van der Waals surface area contributed by atoms with E-state index in [-0.39, 0.29) is 0 Å². The molecule has 0 amide bonds. The molecule has 0 saturated heterocycles. The van der Waals surface area contributed by atoms with Crippen LogP contribution in [-0.2, 0) is 13.0 Å². The second-order valence-corrected chi connectivity index (χ2v) is 14.0. The molecule has 2 atom stereocenters. The van der Waals surface area contributed by atoms with E-state index in [1.165, 1.54) is 64.2 Å². The molecule has 2 unspecified atom stereocenters. The summed E-state index contributed by atoms with van der Waals surface area (Å²) in [6.07, 6.45) is 15.3. The highest BCUT2D eigenvalue weighted by atomic mass is 28.5. The molecule has 0 heterocycles. The smallest absolute Gasteiger partial charge is 0.352 e. The minimum Gasteiger partial charge on any atom is -0.409 e. The van der Waals surface area contributed by atoms with Crippen LogP contribution >= 0.6 is 0 Å². The molecule has 0 aromatic rings. The van der Waals surface area contributed by atoms with Crippen LogP contribution in [-0.4, -0.2) is 30.3 Å². The molecule has 5 heteroatoms. The van der Waals surface area contributed by atoms with E-state index < -0.39 is 17.1 Å². The van der Waals surface area contributed by atoms with Crippen LogP contribution in [0, 0.1) is 0 Å². The fourth-order valence-electron chi connectivity index (χ4n) is 2.98. The highest BCUT2D eigenvalue weighted by Gasteiger charge is 2.39. The van der Waals surface area contributed by atoms with Crippen LogP contribution in [0.4, 0.5) is 0 Å². The Morgan fingerprint density at radius 3 is 1.33 bits per heavy atom. The quantitative estimate of drug-likeness (QED) is 0.154. The minimum absolute atomic E-state index is 0.739. The number of hydrogen-bond donors (Lipinski definition) is 0. The monoisotopic (exact) mass is 414 g/mol. The van der Waals surface area contributed by atoms with Gasteiger partial charge in [0.2, 0.25) is 0 Å². The third kappa shape index (κ3) is 14.4. The van der Waals surface area contributed by atoms with E-state index in [2.05, 4.69) is 40.1 Å². The van der Waals surface area contributed by atoms with Gasteiger partial charge in [-0.15, -0.1) is 13.2 Å². The summed E-state index contributed by atoms with van der Waals surface area (Å²) in [5.74, 6) is 0. The number of hydrogen-bond acceptors (Lipinski definition) is 3. The molecular formula is C22H46O3Si2. The van der Waals surface area contributed by atoms with E-state index in [1.807, 2.05) is 11.4 Å². The molecule has 0 saturated carbocycles. The van der Waals surface area contributed by atoms with Crippen LogP contribution in [0.1, 0.15) is 90.9 Å².